The average Bonchev–Trinajstić information content (AvgIpc) is 2.76. The van der Waals surface area contributed by atoms with Gasteiger partial charge in [-0.2, -0.15) is 5.26 Å². The maximum Gasteiger partial charge on any atom is 0.175 e. The molecule has 0 aliphatic heterocycles. The molecule has 0 saturated carbocycles. The number of halogens is 1. The van der Waals surface area contributed by atoms with E-state index in [1.54, 1.807) is 18.2 Å². The summed E-state index contributed by atoms with van der Waals surface area (Å²) in [7, 11) is 0. The van der Waals surface area contributed by atoms with Crippen LogP contribution in [0.15, 0.2) is 73.2 Å². The van der Waals surface area contributed by atoms with Crippen LogP contribution in [-0.2, 0) is 0 Å². The summed E-state index contributed by atoms with van der Waals surface area (Å²) >= 11 is 0. The Hall–Kier alpha value is -4.31. The van der Waals surface area contributed by atoms with E-state index in [-0.39, 0.29) is 22.8 Å². The lowest BCUT2D eigenvalue weighted by atomic mass is 10.0. The molecule has 29 heavy (non-hydrogen) atoms. The Bertz CT molecular complexity index is 1200. The SMILES string of the molecule is N#Cc1cc(Oc2c(-c3ccccc3)ccc(-c3cnc(N)cn3)c2F)ccn1. The number of nitrogen functional groups attached to an aromatic ring is 1. The zero-order valence-electron chi connectivity index (χ0n) is 15.1. The summed E-state index contributed by atoms with van der Waals surface area (Å²) in [5.41, 5.74) is 7.64. The number of hydrogen-bond acceptors (Lipinski definition) is 6. The molecule has 2 N–H and O–H groups in total. The van der Waals surface area contributed by atoms with Gasteiger partial charge < -0.3 is 10.5 Å². The molecule has 0 fully saturated rings. The van der Waals surface area contributed by atoms with Crippen LogP contribution in [0.5, 0.6) is 11.5 Å². The predicted octanol–water partition coefficient (Wildman–Crippen LogP) is 4.59. The first-order valence-corrected chi connectivity index (χ1v) is 8.65. The van der Waals surface area contributed by atoms with Crippen LogP contribution in [-0.4, -0.2) is 15.0 Å². The van der Waals surface area contributed by atoms with E-state index in [1.165, 1.54) is 24.7 Å². The van der Waals surface area contributed by atoms with E-state index in [0.717, 1.165) is 5.56 Å². The van der Waals surface area contributed by atoms with E-state index in [2.05, 4.69) is 15.0 Å². The number of anilines is 1. The summed E-state index contributed by atoms with van der Waals surface area (Å²) in [6.45, 7) is 0. The summed E-state index contributed by atoms with van der Waals surface area (Å²) < 4.78 is 21.5. The third kappa shape index (κ3) is 3.73. The van der Waals surface area contributed by atoms with Gasteiger partial charge in [-0.25, -0.2) is 14.4 Å². The Kier molecular flexibility index (Phi) is 4.82. The number of hydrogen-bond donors (Lipinski definition) is 1. The van der Waals surface area contributed by atoms with Crippen molar-refractivity contribution in [2.45, 2.75) is 0 Å². The first kappa shape index (κ1) is 18.1. The highest BCUT2D eigenvalue weighted by Crippen LogP contribution is 2.39. The van der Waals surface area contributed by atoms with E-state index in [9.17, 15) is 0 Å². The van der Waals surface area contributed by atoms with Crippen molar-refractivity contribution in [1.82, 2.24) is 15.0 Å². The second kappa shape index (κ2) is 7.74. The minimum Gasteiger partial charge on any atom is -0.453 e. The fourth-order valence-electron chi connectivity index (χ4n) is 2.83. The van der Waals surface area contributed by atoms with Gasteiger partial charge in [0.25, 0.3) is 0 Å². The summed E-state index contributed by atoms with van der Waals surface area (Å²) in [5.74, 6) is -0.0383. The molecule has 7 heteroatoms. The largest absolute Gasteiger partial charge is 0.453 e. The molecule has 0 radical (unpaired) electrons. The van der Waals surface area contributed by atoms with Crippen molar-refractivity contribution in [1.29, 1.82) is 5.26 Å². The van der Waals surface area contributed by atoms with Crippen molar-refractivity contribution in [3.8, 4) is 40.0 Å². The fraction of sp³-hybridized carbons (Fsp3) is 0. The summed E-state index contributed by atoms with van der Waals surface area (Å²) in [4.78, 5) is 12.0. The van der Waals surface area contributed by atoms with Gasteiger partial charge >= 0.3 is 0 Å². The van der Waals surface area contributed by atoms with E-state index in [1.807, 2.05) is 36.4 Å². The zero-order chi connectivity index (χ0) is 20.2. The van der Waals surface area contributed by atoms with Crippen LogP contribution in [0.3, 0.4) is 0 Å². The van der Waals surface area contributed by atoms with Crippen LogP contribution >= 0.6 is 0 Å². The summed E-state index contributed by atoms with van der Waals surface area (Å²) in [5, 5.41) is 9.06. The van der Waals surface area contributed by atoms with Gasteiger partial charge in [0, 0.05) is 23.4 Å². The van der Waals surface area contributed by atoms with E-state index in [0.29, 0.717) is 17.0 Å². The van der Waals surface area contributed by atoms with Gasteiger partial charge in [0.1, 0.15) is 23.3 Å². The average molecular weight is 383 g/mol. The molecule has 0 amide bonds. The minimum atomic E-state index is -0.597. The topological polar surface area (TPSA) is 97.7 Å². The third-order valence-corrected chi connectivity index (χ3v) is 4.20. The number of nitrogens with zero attached hydrogens (tertiary/aromatic N) is 4. The quantitative estimate of drug-likeness (QED) is 0.553. The molecular formula is C22H14FN5O. The van der Waals surface area contributed by atoms with Crippen LogP contribution in [0.2, 0.25) is 0 Å². The molecule has 2 aromatic heterocycles. The highest BCUT2D eigenvalue weighted by Gasteiger charge is 2.19. The Morgan fingerprint density at radius 1 is 0.931 bits per heavy atom. The molecule has 4 aromatic rings. The molecule has 0 aliphatic rings. The molecule has 0 unspecified atom stereocenters. The number of nitrogens with two attached hydrogens (primary N) is 1. The zero-order valence-corrected chi connectivity index (χ0v) is 15.1. The van der Waals surface area contributed by atoms with Gasteiger partial charge in [0.2, 0.25) is 0 Å². The molecular weight excluding hydrogens is 369 g/mol. The number of pyridine rings is 1. The molecule has 0 saturated heterocycles. The molecule has 0 bridgehead atoms. The van der Waals surface area contributed by atoms with Crippen molar-refractivity contribution in [2.75, 3.05) is 5.73 Å². The first-order valence-electron chi connectivity index (χ1n) is 8.65. The Morgan fingerprint density at radius 2 is 1.72 bits per heavy atom. The van der Waals surface area contributed by atoms with Gasteiger partial charge in [-0.05, 0) is 23.8 Å². The third-order valence-electron chi connectivity index (χ3n) is 4.20. The predicted molar refractivity (Wildman–Crippen MR) is 106 cm³/mol. The second-order valence-corrected chi connectivity index (χ2v) is 6.09. The van der Waals surface area contributed by atoms with Crippen molar-refractivity contribution in [2.24, 2.45) is 0 Å². The lowest BCUT2D eigenvalue weighted by molar-refractivity contribution is 0.444. The molecule has 4 rings (SSSR count). The highest BCUT2D eigenvalue weighted by atomic mass is 19.1. The van der Waals surface area contributed by atoms with Gasteiger partial charge in [-0.3, -0.25) is 4.98 Å². The summed E-state index contributed by atoms with van der Waals surface area (Å²) in [6.07, 6.45) is 4.20. The highest BCUT2D eigenvalue weighted by molar-refractivity contribution is 5.76. The molecule has 0 atom stereocenters. The number of rotatable bonds is 4. The lowest BCUT2D eigenvalue weighted by Gasteiger charge is -2.15. The van der Waals surface area contributed by atoms with Gasteiger partial charge in [0.05, 0.1) is 18.1 Å². The molecule has 0 spiro atoms. The smallest absolute Gasteiger partial charge is 0.175 e. The maximum absolute atomic E-state index is 15.6. The van der Waals surface area contributed by atoms with Crippen molar-refractivity contribution in [3.05, 3.63) is 84.7 Å². The van der Waals surface area contributed by atoms with Crippen LogP contribution < -0.4 is 10.5 Å². The fourth-order valence-corrected chi connectivity index (χ4v) is 2.83. The molecule has 2 aromatic carbocycles. The second-order valence-electron chi connectivity index (χ2n) is 6.09. The summed E-state index contributed by atoms with van der Waals surface area (Å²) in [6, 6.07) is 17.6. The van der Waals surface area contributed by atoms with Gasteiger partial charge in [-0.15, -0.1) is 0 Å². The van der Waals surface area contributed by atoms with Gasteiger partial charge in [0.15, 0.2) is 11.6 Å². The molecule has 2 heterocycles. The van der Waals surface area contributed by atoms with Crippen LogP contribution in [0.4, 0.5) is 10.2 Å². The normalized spacial score (nSPS) is 10.3. The standard InChI is InChI=1S/C22H14FN5O/c23-21-18(19-12-28-20(25)13-27-19)7-6-17(14-4-2-1-3-5-14)22(21)29-16-8-9-26-15(10-16)11-24/h1-10,12-13H,(H2,25,28). The van der Waals surface area contributed by atoms with E-state index < -0.39 is 5.82 Å². The van der Waals surface area contributed by atoms with Gasteiger partial charge in [-0.1, -0.05) is 30.3 Å². The van der Waals surface area contributed by atoms with E-state index >= 15 is 4.39 Å². The number of benzene rings is 2. The first-order chi connectivity index (χ1) is 14.2. The Balaban J connectivity index is 1.87. The Morgan fingerprint density at radius 3 is 2.45 bits per heavy atom. The number of aromatic nitrogens is 3. The minimum absolute atomic E-state index is 0.0161. The molecule has 140 valence electrons. The van der Waals surface area contributed by atoms with Crippen molar-refractivity contribution >= 4 is 5.82 Å². The number of ether oxygens (including phenoxy) is 1. The lowest BCUT2D eigenvalue weighted by Crippen LogP contribution is -1.98. The van der Waals surface area contributed by atoms with Crippen LogP contribution in [0, 0.1) is 17.1 Å². The molecule has 6 nitrogen and oxygen atoms in total. The number of nitriles is 1. The van der Waals surface area contributed by atoms with Crippen molar-refractivity contribution < 1.29 is 9.13 Å². The van der Waals surface area contributed by atoms with Crippen molar-refractivity contribution in [3.63, 3.8) is 0 Å². The maximum atomic E-state index is 15.6. The molecule has 0 aliphatic carbocycles. The van der Waals surface area contributed by atoms with E-state index in [4.69, 9.17) is 15.7 Å². The monoisotopic (exact) mass is 383 g/mol. The van der Waals surface area contributed by atoms with Crippen LogP contribution in [0.1, 0.15) is 5.69 Å². The Labute approximate surface area is 166 Å². The van der Waals surface area contributed by atoms with Crippen LogP contribution in [0.25, 0.3) is 22.4 Å².